The van der Waals surface area contributed by atoms with E-state index in [4.69, 9.17) is 5.11 Å². The van der Waals surface area contributed by atoms with Gasteiger partial charge in [-0.25, -0.2) is 13.6 Å². The first-order chi connectivity index (χ1) is 7.90. The molecule has 0 saturated heterocycles. The minimum absolute atomic E-state index is 0.0348. The van der Waals surface area contributed by atoms with E-state index in [0.29, 0.717) is 6.07 Å². The first-order valence-electron chi connectivity index (χ1n) is 4.84. The van der Waals surface area contributed by atoms with Crippen LogP contribution in [0, 0.1) is 11.6 Å². The number of carbonyl (C=O) groups excluding carboxylic acids is 1. The molecule has 92 valence electrons. The average Bonchev–Trinajstić information content (AvgIpc) is 2.19. The van der Waals surface area contributed by atoms with E-state index in [-0.39, 0.29) is 12.0 Å². The van der Waals surface area contributed by atoms with E-state index >= 15 is 0 Å². The second-order valence-electron chi connectivity index (χ2n) is 3.53. The van der Waals surface area contributed by atoms with Crippen LogP contribution < -0.4 is 5.32 Å². The van der Waals surface area contributed by atoms with Crippen LogP contribution in [0.1, 0.15) is 12.5 Å². The van der Waals surface area contributed by atoms with E-state index in [9.17, 15) is 18.4 Å². The maximum Gasteiger partial charge on any atom is 0.326 e. The molecule has 4 nitrogen and oxygen atoms in total. The van der Waals surface area contributed by atoms with E-state index < -0.39 is 29.6 Å². The molecule has 0 radical (unpaired) electrons. The Kier molecular flexibility index (Phi) is 4.14. The number of nitrogens with one attached hydrogen (secondary N) is 1. The van der Waals surface area contributed by atoms with Gasteiger partial charge in [0.15, 0.2) is 0 Å². The first-order valence-corrected chi connectivity index (χ1v) is 4.84. The van der Waals surface area contributed by atoms with Crippen LogP contribution in [0.2, 0.25) is 0 Å². The van der Waals surface area contributed by atoms with Crippen LogP contribution in [-0.4, -0.2) is 23.0 Å². The topological polar surface area (TPSA) is 66.4 Å². The summed E-state index contributed by atoms with van der Waals surface area (Å²) in [5.41, 5.74) is 0.0348. The van der Waals surface area contributed by atoms with Crippen molar-refractivity contribution in [3.05, 3.63) is 35.4 Å². The largest absolute Gasteiger partial charge is 0.480 e. The number of carboxylic acid groups (broad SMARTS) is 1. The summed E-state index contributed by atoms with van der Waals surface area (Å²) in [4.78, 5) is 21.6. The molecule has 0 heterocycles. The highest BCUT2D eigenvalue weighted by Crippen LogP contribution is 2.11. The normalized spacial score (nSPS) is 11.9. The summed E-state index contributed by atoms with van der Waals surface area (Å²) in [5, 5.41) is 11.0. The van der Waals surface area contributed by atoms with Crippen molar-refractivity contribution in [1.29, 1.82) is 0 Å². The molecular weight excluding hydrogens is 232 g/mol. The van der Waals surface area contributed by atoms with E-state index in [0.717, 1.165) is 19.1 Å². The van der Waals surface area contributed by atoms with Crippen LogP contribution >= 0.6 is 0 Å². The molecule has 0 aliphatic heterocycles. The van der Waals surface area contributed by atoms with Crippen LogP contribution in [0.4, 0.5) is 8.78 Å². The van der Waals surface area contributed by atoms with Crippen molar-refractivity contribution in [3.63, 3.8) is 0 Å². The smallest absolute Gasteiger partial charge is 0.326 e. The third-order valence-electron chi connectivity index (χ3n) is 2.11. The van der Waals surface area contributed by atoms with Gasteiger partial charge in [-0.3, -0.25) is 4.79 Å². The molecule has 6 heteroatoms. The van der Waals surface area contributed by atoms with Gasteiger partial charge in [0, 0.05) is 19.4 Å². The predicted molar refractivity (Wildman–Crippen MR) is 55.3 cm³/mol. The summed E-state index contributed by atoms with van der Waals surface area (Å²) in [6.07, 6.45) is -0.235. The highest BCUT2D eigenvalue weighted by atomic mass is 19.1. The maximum absolute atomic E-state index is 13.3. The lowest BCUT2D eigenvalue weighted by Crippen LogP contribution is -2.41. The third kappa shape index (κ3) is 3.82. The van der Waals surface area contributed by atoms with E-state index in [2.05, 4.69) is 5.32 Å². The number of rotatable bonds is 4. The molecule has 0 spiro atoms. The molecule has 1 unspecified atom stereocenters. The van der Waals surface area contributed by atoms with Gasteiger partial charge >= 0.3 is 5.97 Å². The predicted octanol–water partition coefficient (Wildman–Crippen LogP) is 1.10. The van der Waals surface area contributed by atoms with Gasteiger partial charge in [-0.2, -0.15) is 0 Å². The van der Waals surface area contributed by atoms with Gasteiger partial charge in [0.2, 0.25) is 5.91 Å². The van der Waals surface area contributed by atoms with Gasteiger partial charge in [-0.05, 0) is 11.6 Å². The molecule has 0 aliphatic rings. The number of amides is 1. The number of halogens is 2. The Bertz CT molecular complexity index is 448. The van der Waals surface area contributed by atoms with Crippen LogP contribution in [0.15, 0.2) is 18.2 Å². The quantitative estimate of drug-likeness (QED) is 0.832. The van der Waals surface area contributed by atoms with Crippen LogP contribution in [0.25, 0.3) is 0 Å². The molecule has 1 aromatic rings. The summed E-state index contributed by atoms with van der Waals surface area (Å²) in [7, 11) is 0. The lowest BCUT2D eigenvalue weighted by Gasteiger charge is -2.13. The average molecular weight is 243 g/mol. The molecule has 17 heavy (non-hydrogen) atoms. The monoisotopic (exact) mass is 243 g/mol. The van der Waals surface area contributed by atoms with Crippen molar-refractivity contribution in [2.45, 2.75) is 19.4 Å². The number of carbonyl (C=O) groups is 2. The van der Waals surface area contributed by atoms with Gasteiger partial charge < -0.3 is 10.4 Å². The van der Waals surface area contributed by atoms with Gasteiger partial charge in [-0.15, -0.1) is 0 Å². The summed E-state index contributed by atoms with van der Waals surface area (Å²) < 4.78 is 25.9. The summed E-state index contributed by atoms with van der Waals surface area (Å²) >= 11 is 0. The van der Waals surface area contributed by atoms with Gasteiger partial charge in [0.05, 0.1) is 0 Å². The molecule has 2 N–H and O–H groups in total. The number of benzene rings is 1. The first kappa shape index (κ1) is 13.1. The standard InChI is InChI=1S/C11H11F2NO3/c1-6(15)14-10(11(16)17)4-7-2-3-8(12)5-9(7)13/h2-3,5,10H,4H2,1H3,(H,14,15)(H,16,17). The lowest BCUT2D eigenvalue weighted by molar-refractivity contribution is -0.141. The zero-order valence-corrected chi connectivity index (χ0v) is 9.04. The van der Waals surface area contributed by atoms with Crippen molar-refractivity contribution in [2.75, 3.05) is 0 Å². The highest BCUT2D eigenvalue weighted by molar-refractivity contribution is 5.82. The SMILES string of the molecule is CC(=O)NC(Cc1ccc(F)cc1F)C(=O)O. The Morgan fingerprint density at radius 3 is 2.53 bits per heavy atom. The minimum atomic E-state index is -1.27. The number of aliphatic carboxylic acids is 1. The molecule has 0 aromatic heterocycles. The van der Waals surface area contributed by atoms with E-state index in [1.54, 1.807) is 0 Å². The maximum atomic E-state index is 13.3. The molecule has 0 bridgehead atoms. The number of hydrogen-bond acceptors (Lipinski definition) is 2. The fourth-order valence-electron chi connectivity index (χ4n) is 1.35. The zero-order valence-electron chi connectivity index (χ0n) is 9.04. The summed E-state index contributed by atoms with van der Waals surface area (Å²) in [6.45, 7) is 1.16. The molecule has 1 aromatic carbocycles. The Labute approximate surface area is 96.3 Å². The van der Waals surface area contributed by atoms with E-state index in [1.165, 1.54) is 0 Å². The molecule has 1 atom stereocenters. The van der Waals surface area contributed by atoms with E-state index in [1.807, 2.05) is 0 Å². The van der Waals surface area contributed by atoms with Crippen molar-refractivity contribution in [1.82, 2.24) is 5.32 Å². The number of carboxylic acids is 1. The van der Waals surface area contributed by atoms with Crippen molar-refractivity contribution in [2.24, 2.45) is 0 Å². The second-order valence-corrected chi connectivity index (χ2v) is 3.53. The van der Waals surface area contributed by atoms with Gasteiger partial charge in [-0.1, -0.05) is 6.07 Å². The molecule has 1 amide bonds. The van der Waals surface area contributed by atoms with Crippen LogP contribution in [0.5, 0.6) is 0 Å². The second kappa shape index (κ2) is 5.38. The zero-order chi connectivity index (χ0) is 13.0. The third-order valence-corrected chi connectivity index (χ3v) is 2.11. The molecule has 0 aliphatic carbocycles. The van der Waals surface area contributed by atoms with Crippen molar-refractivity contribution >= 4 is 11.9 Å². The molecule has 1 rings (SSSR count). The Balaban J connectivity index is 2.86. The molecule has 0 saturated carbocycles. The van der Waals surface area contributed by atoms with Crippen molar-refractivity contribution < 1.29 is 23.5 Å². The van der Waals surface area contributed by atoms with Crippen molar-refractivity contribution in [3.8, 4) is 0 Å². The Morgan fingerprint density at radius 2 is 2.06 bits per heavy atom. The Hall–Kier alpha value is -1.98. The van der Waals surface area contributed by atoms with Gasteiger partial charge in [0.1, 0.15) is 17.7 Å². The van der Waals surface area contributed by atoms with Crippen LogP contribution in [0.3, 0.4) is 0 Å². The fraction of sp³-hybridized carbons (Fsp3) is 0.273. The number of hydrogen-bond donors (Lipinski definition) is 2. The Morgan fingerprint density at radius 1 is 1.41 bits per heavy atom. The summed E-state index contributed by atoms with van der Waals surface area (Å²) in [5.74, 6) is -3.37. The summed E-state index contributed by atoms with van der Waals surface area (Å²) in [6, 6.07) is 1.63. The minimum Gasteiger partial charge on any atom is -0.480 e. The molecular formula is C11H11F2NO3. The highest BCUT2D eigenvalue weighted by Gasteiger charge is 2.20. The van der Waals surface area contributed by atoms with Gasteiger partial charge in [0.25, 0.3) is 0 Å². The van der Waals surface area contributed by atoms with Crippen LogP contribution in [-0.2, 0) is 16.0 Å². The fourth-order valence-corrected chi connectivity index (χ4v) is 1.35. The lowest BCUT2D eigenvalue weighted by atomic mass is 10.1. The molecule has 0 fully saturated rings.